The molecule has 0 aliphatic carbocycles. The van der Waals surface area contributed by atoms with Gasteiger partial charge in [0.2, 0.25) is 5.91 Å². The molecule has 1 saturated heterocycles. The Balaban J connectivity index is 1.63. The van der Waals surface area contributed by atoms with Gasteiger partial charge < -0.3 is 15.1 Å². The third-order valence-electron chi connectivity index (χ3n) is 4.46. The maximum absolute atomic E-state index is 12.3. The van der Waals surface area contributed by atoms with Crippen LogP contribution in [-0.2, 0) is 4.79 Å². The van der Waals surface area contributed by atoms with Gasteiger partial charge in [-0.3, -0.25) is 9.59 Å². The number of nitrogens with zero attached hydrogens (tertiary/aromatic N) is 3. The molecule has 1 aromatic heterocycles. The zero-order valence-corrected chi connectivity index (χ0v) is 14.5. The Morgan fingerprint density at radius 3 is 2.36 bits per heavy atom. The lowest BCUT2D eigenvalue weighted by Crippen LogP contribution is -2.48. The van der Waals surface area contributed by atoms with Crippen LogP contribution in [0.1, 0.15) is 23.0 Å². The first-order chi connectivity index (χ1) is 12.0. The highest BCUT2D eigenvalue weighted by Gasteiger charge is 2.19. The molecule has 1 N–H and O–H groups in total. The van der Waals surface area contributed by atoms with Crippen LogP contribution >= 0.6 is 0 Å². The first-order valence-corrected chi connectivity index (χ1v) is 8.38. The van der Waals surface area contributed by atoms with Crippen LogP contribution in [0.15, 0.2) is 42.6 Å². The number of pyridine rings is 1. The molecule has 2 amide bonds. The van der Waals surface area contributed by atoms with Crippen LogP contribution < -0.4 is 10.2 Å². The number of amides is 2. The molecule has 2 heterocycles. The van der Waals surface area contributed by atoms with Crippen molar-refractivity contribution in [2.75, 3.05) is 36.4 Å². The molecule has 1 aromatic carbocycles. The van der Waals surface area contributed by atoms with Crippen molar-refractivity contribution in [2.24, 2.45) is 0 Å². The van der Waals surface area contributed by atoms with Crippen LogP contribution in [0.2, 0.25) is 0 Å². The minimum absolute atomic E-state index is 0.112. The third-order valence-corrected chi connectivity index (χ3v) is 4.46. The number of benzene rings is 1. The number of hydrogen-bond donors (Lipinski definition) is 1. The van der Waals surface area contributed by atoms with Gasteiger partial charge in [-0.1, -0.05) is 18.2 Å². The second kappa shape index (κ2) is 7.34. The van der Waals surface area contributed by atoms with E-state index >= 15 is 0 Å². The molecule has 3 rings (SSSR count). The van der Waals surface area contributed by atoms with Gasteiger partial charge in [-0.05, 0) is 30.7 Å². The van der Waals surface area contributed by atoms with Crippen molar-refractivity contribution in [3.05, 3.63) is 53.9 Å². The molecule has 0 atom stereocenters. The van der Waals surface area contributed by atoms with E-state index < -0.39 is 0 Å². The number of para-hydroxylation sites is 1. The van der Waals surface area contributed by atoms with Crippen LogP contribution in [0.3, 0.4) is 0 Å². The standard InChI is InChI=1S/C19H22N4O2/c1-14-5-3-4-6-17(14)21-19(25)18-8-7-16(13-20-18)23-11-9-22(10-12-23)15(2)24/h3-8,13H,9-12H2,1-2H3,(H,21,25). The molecule has 1 fully saturated rings. The largest absolute Gasteiger partial charge is 0.367 e. The molecule has 0 spiro atoms. The number of aromatic nitrogens is 1. The molecule has 0 bridgehead atoms. The molecule has 1 aliphatic heterocycles. The zero-order valence-electron chi connectivity index (χ0n) is 14.5. The molecule has 130 valence electrons. The smallest absolute Gasteiger partial charge is 0.274 e. The van der Waals surface area contributed by atoms with Crippen LogP contribution in [-0.4, -0.2) is 47.9 Å². The van der Waals surface area contributed by atoms with Crippen molar-refractivity contribution in [2.45, 2.75) is 13.8 Å². The Bertz CT molecular complexity index is 765. The van der Waals surface area contributed by atoms with Gasteiger partial charge in [-0.15, -0.1) is 0 Å². The minimum Gasteiger partial charge on any atom is -0.367 e. The molecule has 0 radical (unpaired) electrons. The summed E-state index contributed by atoms with van der Waals surface area (Å²) in [6.45, 7) is 6.52. The first kappa shape index (κ1) is 17.0. The Morgan fingerprint density at radius 2 is 1.76 bits per heavy atom. The summed E-state index contributed by atoms with van der Waals surface area (Å²) < 4.78 is 0. The van der Waals surface area contributed by atoms with Crippen molar-refractivity contribution < 1.29 is 9.59 Å². The van der Waals surface area contributed by atoms with Gasteiger partial charge in [0.25, 0.3) is 5.91 Å². The average Bonchev–Trinajstić information content (AvgIpc) is 2.64. The summed E-state index contributed by atoms with van der Waals surface area (Å²) in [6, 6.07) is 11.3. The number of hydrogen-bond acceptors (Lipinski definition) is 4. The van der Waals surface area contributed by atoms with Crippen LogP contribution in [0.4, 0.5) is 11.4 Å². The van der Waals surface area contributed by atoms with E-state index in [-0.39, 0.29) is 11.8 Å². The summed E-state index contributed by atoms with van der Waals surface area (Å²) in [7, 11) is 0. The quantitative estimate of drug-likeness (QED) is 0.933. The molecule has 6 nitrogen and oxygen atoms in total. The summed E-state index contributed by atoms with van der Waals surface area (Å²) in [5.41, 5.74) is 3.15. The van der Waals surface area contributed by atoms with Gasteiger partial charge in [0.05, 0.1) is 11.9 Å². The topological polar surface area (TPSA) is 65.5 Å². The highest BCUT2D eigenvalue weighted by molar-refractivity contribution is 6.03. The van der Waals surface area contributed by atoms with Gasteiger partial charge in [-0.2, -0.15) is 0 Å². The van der Waals surface area contributed by atoms with E-state index in [2.05, 4.69) is 15.2 Å². The van der Waals surface area contributed by atoms with E-state index in [1.165, 1.54) is 0 Å². The molecule has 2 aromatic rings. The second-order valence-corrected chi connectivity index (χ2v) is 6.16. The Hall–Kier alpha value is -2.89. The lowest BCUT2D eigenvalue weighted by atomic mass is 10.2. The van der Waals surface area contributed by atoms with E-state index in [1.807, 2.05) is 42.2 Å². The van der Waals surface area contributed by atoms with Gasteiger partial charge in [0.15, 0.2) is 0 Å². The molecule has 0 unspecified atom stereocenters. The molecule has 25 heavy (non-hydrogen) atoms. The van der Waals surface area contributed by atoms with Crippen molar-refractivity contribution in [1.82, 2.24) is 9.88 Å². The summed E-state index contributed by atoms with van der Waals surface area (Å²) >= 11 is 0. The van der Waals surface area contributed by atoms with E-state index in [0.29, 0.717) is 18.8 Å². The lowest BCUT2D eigenvalue weighted by Gasteiger charge is -2.35. The Labute approximate surface area is 147 Å². The van der Waals surface area contributed by atoms with Crippen molar-refractivity contribution in [1.29, 1.82) is 0 Å². The number of aryl methyl sites for hydroxylation is 1. The summed E-state index contributed by atoms with van der Waals surface area (Å²) in [6.07, 6.45) is 1.72. The first-order valence-electron chi connectivity index (χ1n) is 8.38. The minimum atomic E-state index is -0.220. The van der Waals surface area contributed by atoms with Gasteiger partial charge in [-0.25, -0.2) is 4.98 Å². The van der Waals surface area contributed by atoms with E-state index in [9.17, 15) is 9.59 Å². The van der Waals surface area contributed by atoms with Crippen molar-refractivity contribution >= 4 is 23.2 Å². The Morgan fingerprint density at radius 1 is 1.04 bits per heavy atom. The maximum Gasteiger partial charge on any atom is 0.274 e. The van der Waals surface area contributed by atoms with Crippen molar-refractivity contribution in [3.63, 3.8) is 0 Å². The number of carbonyl (C=O) groups excluding carboxylic acids is 2. The van der Waals surface area contributed by atoms with Crippen LogP contribution in [0.25, 0.3) is 0 Å². The van der Waals surface area contributed by atoms with Gasteiger partial charge >= 0.3 is 0 Å². The molecular formula is C19H22N4O2. The molecule has 1 aliphatic rings. The van der Waals surface area contributed by atoms with E-state index in [0.717, 1.165) is 30.0 Å². The fraction of sp³-hybridized carbons (Fsp3) is 0.316. The normalized spacial score (nSPS) is 14.3. The van der Waals surface area contributed by atoms with E-state index in [4.69, 9.17) is 0 Å². The fourth-order valence-electron chi connectivity index (χ4n) is 2.89. The number of nitrogens with one attached hydrogen (secondary N) is 1. The SMILES string of the molecule is CC(=O)N1CCN(c2ccc(C(=O)Nc3ccccc3C)nc2)CC1. The van der Waals surface area contributed by atoms with Crippen LogP contribution in [0.5, 0.6) is 0 Å². The monoisotopic (exact) mass is 338 g/mol. The Kier molecular flexibility index (Phi) is 4.97. The van der Waals surface area contributed by atoms with Crippen molar-refractivity contribution in [3.8, 4) is 0 Å². The van der Waals surface area contributed by atoms with Gasteiger partial charge in [0.1, 0.15) is 5.69 Å². The second-order valence-electron chi connectivity index (χ2n) is 6.16. The zero-order chi connectivity index (χ0) is 17.8. The number of anilines is 2. The van der Waals surface area contributed by atoms with E-state index in [1.54, 1.807) is 19.2 Å². The molecule has 6 heteroatoms. The third kappa shape index (κ3) is 3.96. The number of carbonyl (C=O) groups is 2. The number of rotatable bonds is 3. The summed E-state index contributed by atoms with van der Waals surface area (Å²) in [4.78, 5) is 32.0. The highest BCUT2D eigenvalue weighted by atomic mass is 16.2. The highest BCUT2D eigenvalue weighted by Crippen LogP contribution is 2.17. The predicted octanol–water partition coefficient (Wildman–Crippen LogP) is 2.31. The van der Waals surface area contributed by atoms with Gasteiger partial charge in [0, 0.05) is 38.8 Å². The summed E-state index contributed by atoms with van der Waals surface area (Å²) in [5.74, 6) is -0.108. The average molecular weight is 338 g/mol. The predicted molar refractivity (Wildman–Crippen MR) is 97.8 cm³/mol. The lowest BCUT2D eigenvalue weighted by molar-refractivity contribution is -0.129. The fourth-order valence-corrected chi connectivity index (χ4v) is 2.89. The molecular weight excluding hydrogens is 316 g/mol. The number of piperazine rings is 1. The molecule has 0 saturated carbocycles. The summed E-state index contributed by atoms with van der Waals surface area (Å²) in [5, 5.41) is 2.88. The maximum atomic E-state index is 12.3. The van der Waals surface area contributed by atoms with Crippen LogP contribution in [0, 0.1) is 6.92 Å².